The normalized spacial score (nSPS) is 20.5. The van der Waals surface area contributed by atoms with E-state index in [9.17, 15) is 9.59 Å². The zero-order valence-corrected chi connectivity index (χ0v) is 16.8. The van der Waals surface area contributed by atoms with Crippen molar-refractivity contribution in [2.75, 3.05) is 0 Å². The fourth-order valence-electron chi connectivity index (χ4n) is 3.33. The van der Waals surface area contributed by atoms with Crippen LogP contribution in [0.3, 0.4) is 0 Å². The van der Waals surface area contributed by atoms with Gasteiger partial charge in [-0.05, 0) is 48.4 Å². The van der Waals surface area contributed by atoms with Gasteiger partial charge in [0.15, 0.2) is 0 Å². The minimum absolute atomic E-state index is 0.263. The summed E-state index contributed by atoms with van der Waals surface area (Å²) in [7, 11) is 0. The van der Waals surface area contributed by atoms with Gasteiger partial charge in [-0.3, -0.25) is 14.5 Å². The fraction of sp³-hybridized carbons (Fsp3) is 0.136. The number of aliphatic imine (C=N–C) groups is 1. The molecule has 0 radical (unpaired) electrons. The van der Waals surface area contributed by atoms with Crippen molar-refractivity contribution in [3.05, 3.63) is 94.1 Å². The number of halogens is 1. The molecule has 0 unspecified atom stereocenters. The molecule has 0 aliphatic carbocycles. The van der Waals surface area contributed by atoms with Crippen LogP contribution in [0.15, 0.2) is 88.0 Å². The van der Waals surface area contributed by atoms with Crippen molar-refractivity contribution in [3.8, 4) is 0 Å². The second-order valence-electron chi connectivity index (χ2n) is 6.79. The highest BCUT2D eigenvalue weighted by atomic mass is 79.9. The molecule has 0 fully saturated rings. The number of nitrogens with zero attached hydrogens (tertiary/aromatic N) is 2. The lowest BCUT2D eigenvalue weighted by atomic mass is 9.98. The molecule has 0 saturated heterocycles. The first-order valence-electron chi connectivity index (χ1n) is 8.89. The first-order valence-corrected chi connectivity index (χ1v) is 9.69. The third-order valence-corrected chi connectivity index (χ3v) is 5.29. The number of rotatable bonds is 4. The number of carbonyl (C=O) groups excluding carboxylic acids is 2. The van der Waals surface area contributed by atoms with Gasteiger partial charge in [-0.1, -0.05) is 52.3 Å². The Labute approximate surface area is 171 Å². The van der Waals surface area contributed by atoms with Crippen LogP contribution in [0.4, 0.5) is 0 Å². The summed E-state index contributed by atoms with van der Waals surface area (Å²) in [6.45, 7) is 1.90. The number of amides is 2. The van der Waals surface area contributed by atoms with Crippen molar-refractivity contribution in [2.24, 2.45) is 4.99 Å². The van der Waals surface area contributed by atoms with Crippen molar-refractivity contribution in [3.63, 3.8) is 0 Å². The molecule has 28 heavy (non-hydrogen) atoms. The molecule has 2 amide bonds. The zero-order chi connectivity index (χ0) is 19.7. The van der Waals surface area contributed by atoms with Crippen LogP contribution in [-0.4, -0.2) is 28.2 Å². The Morgan fingerprint density at radius 2 is 1.86 bits per heavy atom. The van der Waals surface area contributed by atoms with Gasteiger partial charge in [0.1, 0.15) is 5.84 Å². The van der Waals surface area contributed by atoms with Gasteiger partial charge in [0.2, 0.25) is 5.66 Å². The standard InChI is InChI=1S/C22H18BrN3O2/c1-15-6-5-13-26-19(15)24-22(21(26)28,14-16-9-11-18(23)12-10-16)25-20(27)17-7-3-2-4-8-17/h2-13H,14H2,1H3,(H,25,27)/t22-/m0/s1. The van der Waals surface area contributed by atoms with Gasteiger partial charge in [-0.15, -0.1) is 0 Å². The van der Waals surface area contributed by atoms with E-state index in [0.717, 1.165) is 15.6 Å². The average Bonchev–Trinajstić information content (AvgIpc) is 2.98. The summed E-state index contributed by atoms with van der Waals surface area (Å²) in [4.78, 5) is 32.5. The SMILES string of the molecule is CC1=CC=CN2C(=O)[C@](Cc3ccc(Br)cc3)(NC(=O)c3ccccc3)N=C12. The second kappa shape index (κ2) is 7.20. The third-order valence-electron chi connectivity index (χ3n) is 4.76. The molecule has 2 aliphatic heterocycles. The van der Waals surface area contributed by atoms with Gasteiger partial charge >= 0.3 is 0 Å². The Balaban J connectivity index is 1.74. The van der Waals surface area contributed by atoms with E-state index >= 15 is 0 Å². The second-order valence-corrected chi connectivity index (χ2v) is 7.70. The molecule has 0 bridgehead atoms. The van der Waals surface area contributed by atoms with Gasteiger partial charge in [0.25, 0.3) is 11.8 Å². The number of amidine groups is 1. The van der Waals surface area contributed by atoms with Crippen molar-refractivity contribution in [1.82, 2.24) is 10.2 Å². The number of nitrogens with one attached hydrogen (secondary N) is 1. The lowest BCUT2D eigenvalue weighted by molar-refractivity contribution is -0.130. The molecule has 140 valence electrons. The molecule has 2 aliphatic rings. The number of carbonyl (C=O) groups is 2. The summed E-state index contributed by atoms with van der Waals surface area (Å²) in [6, 6.07) is 16.5. The first kappa shape index (κ1) is 18.4. The summed E-state index contributed by atoms with van der Waals surface area (Å²) in [5.41, 5.74) is 0.875. The quantitative estimate of drug-likeness (QED) is 0.792. The summed E-state index contributed by atoms with van der Waals surface area (Å²) >= 11 is 3.42. The number of allylic oxidation sites excluding steroid dienone is 2. The molecule has 1 atom stereocenters. The minimum Gasteiger partial charge on any atom is -0.320 e. The van der Waals surface area contributed by atoms with Gasteiger partial charge < -0.3 is 5.32 Å². The lowest BCUT2D eigenvalue weighted by Gasteiger charge is -2.27. The molecule has 1 N–H and O–H groups in total. The van der Waals surface area contributed by atoms with E-state index in [2.05, 4.69) is 21.2 Å². The highest BCUT2D eigenvalue weighted by Gasteiger charge is 2.49. The highest BCUT2D eigenvalue weighted by molar-refractivity contribution is 9.10. The van der Waals surface area contributed by atoms with E-state index in [4.69, 9.17) is 4.99 Å². The van der Waals surface area contributed by atoms with Gasteiger partial charge in [0.05, 0.1) is 0 Å². The van der Waals surface area contributed by atoms with Crippen LogP contribution in [-0.2, 0) is 11.2 Å². The molecule has 4 rings (SSSR count). The Morgan fingerprint density at radius 3 is 2.54 bits per heavy atom. The number of hydrogen-bond acceptors (Lipinski definition) is 3. The largest absolute Gasteiger partial charge is 0.320 e. The van der Waals surface area contributed by atoms with E-state index in [0.29, 0.717) is 11.4 Å². The predicted molar refractivity (Wildman–Crippen MR) is 112 cm³/mol. The molecule has 5 nitrogen and oxygen atoms in total. The molecule has 0 saturated carbocycles. The van der Waals surface area contributed by atoms with E-state index in [1.807, 2.05) is 43.3 Å². The van der Waals surface area contributed by atoms with E-state index in [1.54, 1.807) is 36.5 Å². The molecule has 2 aromatic carbocycles. The number of fused-ring (bicyclic) bond motifs is 1. The van der Waals surface area contributed by atoms with Gasteiger partial charge in [0, 0.05) is 22.7 Å². The maximum Gasteiger partial charge on any atom is 0.281 e. The Morgan fingerprint density at radius 1 is 1.14 bits per heavy atom. The van der Waals surface area contributed by atoms with Gasteiger partial charge in [-0.2, -0.15) is 0 Å². The summed E-state index contributed by atoms with van der Waals surface area (Å²) in [5.74, 6) is -0.0303. The minimum atomic E-state index is -1.39. The van der Waals surface area contributed by atoms with Crippen molar-refractivity contribution >= 4 is 33.6 Å². The first-order chi connectivity index (χ1) is 13.5. The van der Waals surface area contributed by atoms with Crippen LogP contribution in [0.1, 0.15) is 22.8 Å². The molecular formula is C22H18BrN3O2. The number of hydrogen-bond donors (Lipinski definition) is 1. The van der Waals surface area contributed by atoms with Crippen LogP contribution in [0, 0.1) is 0 Å². The summed E-state index contributed by atoms with van der Waals surface area (Å²) in [6.07, 6.45) is 5.66. The summed E-state index contributed by atoms with van der Waals surface area (Å²) < 4.78 is 0.946. The molecule has 0 spiro atoms. The molecule has 2 aromatic rings. The van der Waals surface area contributed by atoms with E-state index < -0.39 is 5.66 Å². The zero-order valence-electron chi connectivity index (χ0n) is 15.2. The van der Waals surface area contributed by atoms with Gasteiger partial charge in [-0.25, -0.2) is 4.99 Å². The smallest absolute Gasteiger partial charge is 0.281 e. The van der Waals surface area contributed by atoms with Crippen LogP contribution >= 0.6 is 15.9 Å². The van der Waals surface area contributed by atoms with E-state index in [-0.39, 0.29) is 18.2 Å². The highest BCUT2D eigenvalue weighted by Crippen LogP contribution is 2.30. The fourth-order valence-corrected chi connectivity index (χ4v) is 3.59. The molecule has 6 heteroatoms. The van der Waals surface area contributed by atoms with Crippen molar-refractivity contribution < 1.29 is 9.59 Å². The van der Waals surface area contributed by atoms with Crippen molar-refractivity contribution in [1.29, 1.82) is 0 Å². The predicted octanol–water partition coefficient (Wildman–Crippen LogP) is 3.83. The van der Waals surface area contributed by atoms with Crippen molar-refractivity contribution in [2.45, 2.75) is 19.0 Å². The monoisotopic (exact) mass is 435 g/mol. The maximum atomic E-state index is 13.4. The van der Waals surface area contributed by atoms with Crippen LogP contribution in [0.25, 0.3) is 0 Å². The Kier molecular flexibility index (Phi) is 4.73. The van der Waals surface area contributed by atoms with Crippen LogP contribution < -0.4 is 5.32 Å². The molecule has 2 heterocycles. The molecule has 0 aromatic heterocycles. The third kappa shape index (κ3) is 3.31. The van der Waals surface area contributed by atoms with E-state index in [1.165, 1.54) is 4.90 Å². The van der Waals surface area contributed by atoms with Crippen LogP contribution in [0.5, 0.6) is 0 Å². The summed E-state index contributed by atoms with van der Waals surface area (Å²) in [5, 5.41) is 2.91. The lowest BCUT2D eigenvalue weighted by Crippen LogP contribution is -2.55. The Bertz CT molecular complexity index is 1030. The average molecular weight is 436 g/mol. The maximum absolute atomic E-state index is 13.4. The number of benzene rings is 2. The molecular weight excluding hydrogens is 418 g/mol. The van der Waals surface area contributed by atoms with Crippen LogP contribution in [0.2, 0.25) is 0 Å². The Hall–Kier alpha value is -2.99. The topological polar surface area (TPSA) is 61.8 Å².